The van der Waals surface area contributed by atoms with Crippen LogP contribution in [-0.4, -0.2) is 30.8 Å². The van der Waals surface area contributed by atoms with Gasteiger partial charge in [-0.2, -0.15) is 5.10 Å². The lowest BCUT2D eigenvalue weighted by atomic mass is 10.1. The summed E-state index contributed by atoms with van der Waals surface area (Å²) in [6, 6.07) is 13.7. The van der Waals surface area contributed by atoms with Gasteiger partial charge in [0.1, 0.15) is 11.5 Å². The number of nitrogens with one attached hydrogen (secondary N) is 2. The van der Waals surface area contributed by atoms with E-state index >= 15 is 0 Å². The van der Waals surface area contributed by atoms with Gasteiger partial charge in [-0.15, -0.1) is 0 Å². The fraction of sp³-hybridized carbons (Fsp3) is 0.150. The number of amides is 1. The van der Waals surface area contributed by atoms with Crippen molar-refractivity contribution in [1.82, 2.24) is 10.4 Å². The summed E-state index contributed by atoms with van der Waals surface area (Å²) in [6.07, 6.45) is 1.31. The zero-order valence-electron chi connectivity index (χ0n) is 15.0. The number of H-pyrrole nitrogens is 1. The summed E-state index contributed by atoms with van der Waals surface area (Å²) >= 11 is 0. The van der Waals surface area contributed by atoms with Crippen LogP contribution in [0.4, 0.5) is 0 Å². The molecule has 0 aliphatic heterocycles. The second kappa shape index (κ2) is 8.18. The standard InChI is InChI=1S/C20H19N3O4/c1-3-27-17-8-9-18-14(11-17)10-15(19(24)22-18)12-21-23-20(25)13-4-6-16(26-2)7-5-13/h4-12H,3H2,1-2H3,(H,22,24)(H,23,25). The minimum absolute atomic E-state index is 0.297. The first-order valence-electron chi connectivity index (χ1n) is 8.38. The number of methoxy groups -OCH3 is 1. The van der Waals surface area contributed by atoms with Gasteiger partial charge < -0.3 is 14.5 Å². The summed E-state index contributed by atoms with van der Waals surface area (Å²) < 4.78 is 10.5. The van der Waals surface area contributed by atoms with Crippen LogP contribution in [0.5, 0.6) is 11.5 Å². The molecule has 0 aliphatic rings. The maximum atomic E-state index is 12.2. The highest BCUT2D eigenvalue weighted by molar-refractivity contribution is 5.95. The second-order valence-corrected chi connectivity index (χ2v) is 5.66. The van der Waals surface area contributed by atoms with Crippen LogP contribution in [0, 0.1) is 0 Å². The van der Waals surface area contributed by atoms with Crippen molar-refractivity contribution in [3.05, 3.63) is 70.0 Å². The molecule has 2 aromatic carbocycles. The van der Waals surface area contributed by atoms with Gasteiger partial charge in [-0.3, -0.25) is 9.59 Å². The lowest BCUT2D eigenvalue weighted by molar-refractivity contribution is 0.0955. The van der Waals surface area contributed by atoms with E-state index in [-0.39, 0.29) is 11.5 Å². The van der Waals surface area contributed by atoms with Crippen LogP contribution in [-0.2, 0) is 0 Å². The molecule has 27 heavy (non-hydrogen) atoms. The van der Waals surface area contributed by atoms with Crippen molar-refractivity contribution in [1.29, 1.82) is 0 Å². The quantitative estimate of drug-likeness (QED) is 0.519. The number of benzene rings is 2. The zero-order chi connectivity index (χ0) is 19.2. The molecule has 1 heterocycles. The predicted octanol–water partition coefficient (Wildman–Crippen LogP) is 2.70. The van der Waals surface area contributed by atoms with Crippen molar-refractivity contribution in [3.8, 4) is 11.5 Å². The number of rotatable bonds is 6. The number of hydrogen-bond acceptors (Lipinski definition) is 5. The molecule has 0 radical (unpaired) electrons. The fourth-order valence-corrected chi connectivity index (χ4v) is 2.52. The number of hydrazone groups is 1. The number of fused-ring (bicyclic) bond motifs is 1. The average Bonchev–Trinajstić information content (AvgIpc) is 2.69. The van der Waals surface area contributed by atoms with Crippen LogP contribution in [0.1, 0.15) is 22.8 Å². The number of ether oxygens (including phenoxy) is 2. The summed E-state index contributed by atoms with van der Waals surface area (Å²) in [5.41, 5.74) is 3.56. The Labute approximate surface area is 155 Å². The molecule has 7 heteroatoms. The third-order valence-corrected chi connectivity index (χ3v) is 3.88. The van der Waals surface area contributed by atoms with Crippen molar-refractivity contribution in [2.75, 3.05) is 13.7 Å². The molecular weight excluding hydrogens is 346 g/mol. The smallest absolute Gasteiger partial charge is 0.271 e. The van der Waals surface area contributed by atoms with Crippen molar-refractivity contribution in [2.45, 2.75) is 6.92 Å². The molecule has 1 aromatic heterocycles. The topological polar surface area (TPSA) is 92.8 Å². The van der Waals surface area contributed by atoms with Crippen LogP contribution >= 0.6 is 0 Å². The monoisotopic (exact) mass is 365 g/mol. The summed E-state index contributed by atoms with van der Waals surface area (Å²) in [6.45, 7) is 2.46. The Hall–Kier alpha value is -3.61. The second-order valence-electron chi connectivity index (χ2n) is 5.66. The molecule has 0 saturated heterocycles. The molecule has 0 saturated carbocycles. The number of carbonyl (C=O) groups excluding carboxylic acids is 1. The van der Waals surface area contributed by atoms with Crippen LogP contribution < -0.4 is 20.5 Å². The highest BCUT2D eigenvalue weighted by atomic mass is 16.5. The number of pyridine rings is 1. The Morgan fingerprint density at radius 2 is 1.89 bits per heavy atom. The van der Waals surface area contributed by atoms with Gasteiger partial charge in [-0.1, -0.05) is 0 Å². The number of hydrogen-bond donors (Lipinski definition) is 2. The first kappa shape index (κ1) is 18.2. The van der Waals surface area contributed by atoms with Crippen LogP contribution in [0.25, 0.3) is 10.9 Å². The molecule has 0 spiro atoms. The van der Waals surface area contributed by atoms with E-state index in [1.165, 1.54) is 6.21 Å². The van der Waals surface area contributed by atoms with E-state index in [0.717, 1.165) is 5.39 Å². The molecule has 0 aliphatic carbocycles. The normalized spacial score (nSPS) is 10.9. The van der Waals surface area contributed by atoms with Crippen molar-refractivity contribution < 1.29 is 14.3 Å². The zero-order valence-corrected chi connectivity index (χ0v) is 15.0. The average molecular weight is 365 g/mol. The van der Waals surface area contributed by atoms with Gasteiger partial charge in [0.2, 0.25) is 0 Å². The van der Waals surface area contributed by atoms with Gasteiger partial charge in [0.05, 0.1) is 25.5 Å². The predicted molar refractivity (Wildman–Crippen MR) is 104 cm³/mol. The Bertz CT molecular complexity index is 1040. The van der Waals surface area contributed by atoms with E-state index in [0.29, 0.717) is 34.7 Å². The minimum Gasteiger partial charge on any atom is -0.497 e. The summed E-state index contributed by atoms with van der Waals surface area (Å²) in [4.78, 5) is 27.0. The van der Waals surface area contributed by atoms with Crippen molar-refractivity contribution >= 4 is 23.0 Å². The van der Waals surface area contributed by atoms with Gasteiger partial charge in [0, 0.05) is 16.5 Å². The molecule has 0 atom stereocenters. The summed E-state index contributed by atoms with van der Waals surface area (Å²) in [5.74, 6) is 0.988. The Balaban J connectivity index is 1.77. The Kier molecular flexibility index (Phi) is 5.51. The van der Waals surface area contributed by atoms with Gasteiger partial charge in [0.25, 0.3) is 11.5 Å². The van der Waals surface area contributed by atoms with Gasteiger partial charge >= 0.3 is 0 Å². The molecule has 138 valence electrons. The van der Waals surface area contributed by atoms with Gasteiger partial charge in [-0.25, -0.2) is 5.43 Å². The molecule has 3 aromatic rings. The number of aromatic nitrogens is 1. The van der Waals surface area contributed by atoms with E-state index in [2.05, 4.69) is 15.5 Å². The van der Waals surface area contributed by atoms with Crippen molar-refractivity contribution in [2.24, 2.45) is 5.10 Å². The van der Waals surface area contributed by atoms with Crippen molar-refractivity contribution in [3.63, 3.8) is 0 Å². The maximum Gasteiger partial charge on any atom is 0.271 e. The highest BCUT2D eigenvalue weighted by Gasteiger charge is 2.05. The molecule has 0 fully saturated rings. The lowest BCUT2D eigenvalue weighted by Crippen LogP contribution is -2.19. The number of aromatic amines is 1. The van der Waals surface area contributed by atoms with E-state index in [9.17, 15) is 9.59 Å². The molecule has 0 unspecified atom stereocenters. The molecule has 7 nitrogen and oxygen atoms in total. The molecule has 0 bridgehead atoms. The summed E-state index contributed by atoms with van der Waals surface area (Å²) in [5, 5.41) is 4.69. The first-order valence-corrected chi connectivity index (χ1v) is 8.38. The Morgan fingerprint density at radius 1 is 1.15 bits per heavy atom. The van der Waals surface area contributed by atoms with E-state index < -0.39 is 0 Å². The molecule has 3 rings (SSSR count). The fourth-order valence-electron chi connectivity index (χ4n) is 2.52. The van der Waals surface area contributed by atoms with Crippen LogP contribution in [0.2, 0.25) is 0 Å². The van der Waals surface area contributed by atoms with Gasteiger partial charge in [-0.05, 0) is 55.5 Å². The van der Waals surface area contributed by atoms with Crippen LogP contribution in [0.3, 0.4) is 0 Å². The molecule has 1 amide bonds. The third-order valence-electron chi connectivity index (χ3n) is 3.88. The first-order chi connectivity index (χ1) is 13.1. The molecule has 2 N–H and O–H groups in total. The van der Waals surface area contributed by atoms with E-state index in [1.807, 2.05) is 13.0 Å². The highest BCUT2D eigenvalue weighted by Crippen LogP contribution is 2.18. The van der Waals surface area contributed by atoms with E-state index in [4.69, 9.17) is 9.47 Å². The maximum absolute atomic E-state index is 12.2. The summed E-state index contributed by atoms with van der Waals surface area (Å²) in [7, 11) is 1.55. The van der Waals surface area contributed by atoms with Gasteiger partial charge in [0.15, 0.2) is 0 Å². The Morgan fingerprint density at radius 3 is 2.59 bits per heavy atom. The lowest BCUT2D eigenvalue weighted by Gasteiger charge is -2.05. The third kappa shape index (κ3) is 4.33. The van der Waals surface area contributed by atoms with Crippen LogP contribution in [0.15, 0.2) is 58.4 Å². The minimum atomic E-state index is -0.384. The number of carbonyl (C=O) groups is 1. The SMILES string of the molecule is CCOc1ccc2[nH]c(=O)c(C=NNC(=O)c3ccc(OC)cc3)cc2c1. The van der Waals surface area contributed by atoms with E-state index in [1.54, 1.807) is 49.6 Å². The molecular formula is C20H19N3O4. The largest absolute Gasteiger partial charge is 0.497 e. The number of nitrogens with zero attached hydrogens (tertiary/aromatic N) is 1.